The van der Waals surface area contributed by atoms with E-state index in [4.69, 9.17) is 4.74 Å². The first kappa shape index (κ1) is 15.5. The first-order valence-electron chi connectivity index (χ1n) is 7.45. The maximum atomic E-state index is 13.3. The zero-order valence-electron chi connectivity index (χ0n) is 12.8. The molecule has 2 aromatic carbocycles. The molecule has 1 atom stereocenters. The third-order valence-corrected chi connectivity index (χ3v) is 4.10. The lowest BCUT2D eigenvalue weighted by Crippen LogP contribution is -2.27. The molecule has 1 saturated heterocycles. The summed E-state index contributed by atoms with van der Waals surface area (Å²) >= 11 is 0. The fourth-order valence-corrected chi connectivity index (χ4v) is 3.00. The predicted molar refractivity (Wildman–Crippen MR) is 81.9 cm³/mol. The molecule has 5 heteroatoms. The van der Waals surface area contributed by atoms with Gasteiger partial charge in [0.25, 0.3) is 0 Å². The predicted octanol–water partition coefficient (Wildman–Crippen LogP) is 3.84. The van der Waals surface area contributed by atoms with E-state index in [2.05, 4.69) is 0 Å². The lowest BCUT2D eigenvalue weighted by Gasteiger charge is -2.25. The molecule has 0 N–H and O–H groups in total. The summed E-state index contributed by atoms with van der Waals surface area (Å²) < 4.78 is 31.8. The first-order chi connectivity index (χ1) is 11.1. The highest BCUT2D eigenvalue weighted by atomic mass is 19.1. The van der Waals surface area contributed by atoms with Gasteiger partial charge in [-0.1, -0.05) is 12.1 Å². The number of methoxy groups -OCH3 is 1. The Labute approximate surface area is 133 Å². The topological polar surface area (TPSA) is 29.5 Å². The molecule has 1 fully saturated rings. The van der Waals surface area contributed by atoms with Gasteiger partial charge < -0.3 is 9.64 Å². The van der Waals surface area contributed by atoms with Crippen molar-refractivity contribution in [2.45, 2.75) is 25.4 Å². The maximum absolute atomic E-state index is 13.3. The number of benzene rings is 2. The van der Waals surface area contributed by atoms with Crippen molar-refractivity contribution in [1.82, 2.24) is 4.90 Å². The van der Waals surface area contributed by atoms with Crippen LogP contribution in [0.4, 0.5) is 8.78 Å². The van der Waals surface area contributed by atoms with Gasteiger partial charge >= 0.3 is 0 Å². The second-order valence-electron chi connectivity index (χ2n) is 5.63. The Morgan fingerprint density at radius 1 is 1.13 bits per heavy atom. The normalized spacial score (nSPS) is 17.6. The van der Waals surface area contributed by atoms with E-state index >= 15 is 0 Å². The first-order valence-corrected chi connectivity index (χ1v) is 7.45. The Hall–Kier alpha value is -2.43. The highest BCUT2D eigenvalue weighted by molar-refractivity contribution is 5.79. The number of ether oxygens (including phenoxy) is 1. The van der Waals surface area contributed by atoms with Crippen LogP contribution in [0.3, 0.4) is 0 Å². The van der Waals surface area contributed by atoms with Crippen LogP contribution < -0.4 is 4.74 Å². The van der Waals surface area contributed by atoms with Gasteiger partial charge in [0.1, 0.15) is 17.4 Å². The number of hydrogen-bond donors (Lipinski definition) is 0. The van der Waals surface area contributed by atoms with Gasteiger partial charge in [-0.25, -0.2) is 8.78 Å². The number of amides is 1. The number of carbonyl (C=O) groups is 1. The van der Waals surface area contributed by atoms with Crippen molar-refractivity contribution in [3.63, 3.8) is 0 Å². The molecule has 23 heavy (non-hydrogen) atoms. The molecule has 0 aliphatic carbocycles. The largest absolute Gasteiger partial charge is 0.497 e. The molecule has 0 bridgehead atoms. The molecule has 1 amide bonds. The summed E-state index contributed by atoms with van der Waals surface area (Å²) in [6.45, 7) is 0.199. The average Bonchev–Trinajstić information content (AvgIpc) is 2.87. The molecule has 1 aliphatic rings. The zero-order valence-corrected chi connectivity index (χ0v) is 12.8. The molecule has 0 spiro atoms. The van der Waals surface area contributed by atoms with Crippen LogP contribution in [0.5, 0.6) is 5.75 Å². The van der Waals surface area contributed by atoms with E-state index in [1.807, 2.05) is 24.3 Å². The molecule has 1 aliphatic heterocycles. The minimum atomic E-state index is -0.632. The van der Waals surface area contributed by atoms with Crippen molar-refractivity contribution in [3.05, 3.63) is 65.2 Å². The van der Waals surface area contributed by atoms with Gasteiger partial charge in [0.05, 0.1) is 13.2 Å². The molecule has 0 saturated carbocycles. The zero-order chi connectivity index (χ0) is 16.4. The van der Waals surface area contributed by atoms with Gasteiger partial charge in [0.15, 0.2) is 0 Å². The van der Waals surface area contributed by atoms with E-state index in [1.165, 1.54) is 12.1 Å². The Kier molecular flexibility index (Phi) is 4.28. The number of carbonyl (C=O) groups excluding carboxylic acids is 1. The van der Waals surface area contributed by atoms with Gasteiger partial charge in [0.2, 0.25) is 5.91 Å². The van der Waals surface area contributed by atoms with Gasteiger partial charge in [-0.15, -0.1) is 0 Å². The third-order valence-electron chi connectivity index (χ3n) is 4.10. The van der Waals surface area contributed by atoms with E-state index < -0.39 is 11.6 Å². The van der Waals surface area contributed by atoms with Crippen LogP contribution in [0.25, 0.3) is 0 Å². The number of likely N-dealkylation sites (tertiary alicyclic amines) is 1. The van der Waals surface area contributed by atoms with Gasteiger partial charge in [-0.3, -0.25) is 4.79 Å². The van der Waals surface area contributed by atoms with E-state index in [9.17, 15) is 13.6 Å². The quantitative estimate of drug-likeness (QED) is 0.857. The lowest BCUT2D eigenvalue weighted by atomic mass is 10.0. The monoisotopic (exact) mass is 317 g/mol. The summed E-state index contributed by atoms with van der Waals surface area (Å²) in [4.78, 5) is 13.8. The molecule has 3 nitrogen and oxygen atoms in total. The molecule has 120 valence electrons. The molecule has 2 aromatic rings. The van der Waals surface area contributed by atoms with Crippen molar-refractivity contribution >= 4 is 5.91 Å². The summed E-state index contributed by atoms with van der Waals surface area (Å²) in [7, 11) is 1.60. The van der Waals surface area contributed by atoms with E-state index in [1.54, 1.807) is 12.0 Å². The minimum Gasteiger partial charge on any atom is -0.497 e. The summed E-state index contributed by atoms with van der Waals surface area (Å²) in [5, 5.41) is 0. The van der Waals surface area contributed by atoms with Crippen molar-refractivity contribution < 1.29 is 18.3 Å². The maximum Gasteiger partial charge on any atom is 0.223 e. The van der Waals surface area contributed by atoms with Crippen LogP contribution >= 0.6 is 0 Å². The highest BCUT2D eigenvalue weighted by Gasteiger charge is 2.32. The number of hydrogen-bond acceptors (Lipinski definition) is 2. The Bertz CT molecular complexity index is 695. The number of halogens is 2. The summed E-state index contributed by atoms with van der Waals surface area (Å²) in [6.07, 6.45) is 1.14. The Morgan fingerprint density at radius 3 is 2.39 bits per heavy atom. The van der Waals surface area contributed by atoms with Crippen molar-refractivity contribution in [3.8, 4) is 5.75 Å². The van der Waals surface area contributed by atoms with Crippen LogP contribution in [0.15, 0.2) is 42.5 Å². The summed E-state index contributed by atoms with van der Waals surface area (Å²) in [5.74, 6) is -0.521. The average molecular weight is 317 g/mol. The van der Waals surface area contributed by atoms with Crippen LogP contribution in [-0.2, 0) is 11.3 Å². The second kappa shape index (κ2) is 6.36. The lowest BCUT2D eigenvalue weighted by molar-refractivity contribution is -0.129. The van der Waals surface area contributed by atoms with Crippen molar-refractivity contribution in [1.29, 1.82) is 0 Å². The summed E-state index contributed by atoms with van der Waals surface area (Å²) in [6, 6.07) is 10.8. The van der Waals surface area contributed by atoms with Gasteiger partial charge in [-0.05, 0) is 41.8 Å². The molecule has 0 unspecified atom stereocenters. The van der Waals surface area contributed by atoms with Crippen molar-refractivity contribution in [2.24, 2.45) is 0 Å². The Morgan fingerprint density at radius 2 is 1.78 bits per heavy atom. The van der Waals surface area contributed by atoms with Crippen LogP contribution in [0.1, 0.15) is 30.0 Å². The molecular weight excluding hydrogens is 300 g/mol. The number of nitrogens with zero attached hydrogens (tertiary/aromatic N) is 1. The molecular formula is C18H17F2NO2. The fourth-order valence-electron chi connectivity index (χ4n) is 3.00. The van der Waals surface area contributed by atoms with E-state index in [0.29, 0.717) is 18.4 Å². The number of rotatable bonds is 4. The van der Waals surface area contributed by atoms with E-state index in [-0.39, 0.29) is 18.5 Å². The fraction of sp³-hybridized carbons (Fsp3) is 0.278. The molecule has 0 radical (unpaired) electrons. The minimum absolute atomic E-state index is 0.00418. The van der Waals surface area contributed by atoms with Gasteiger partial charge in [-0.2, -0.15) is 0 Å². The second-order valence-corrected chi connectivity index (χ2v) is 5.63. The molecule has 3 rings (SSSR count). The van der Waals surface area contributed by atoms with Gasteiger partial charge in [0, 0.05) is 19.0 Å². The van der Waals surface area contributed by atoms with Crippen LogP contribution in [-0.4, -0.2) is 17.9 Å². The van der Waals surface area contributed by atoms with E-state index in [0.717, 1.165) is 17.4 Å². The molecule has 0 aromatic heterocycles. The molecule has 1 heterocycles. The SMILES string of the molecule is COc1ccc([C@H]2CCC(=O)N2Cc2cc(F)cc(F)c2)cc1. The Balaban J connectivity index is 1.84. The third kappa shape index (κ3) is 3.33. The summed E-state index contributed by atoms with van der Waals surface area (Å²) in [5.41, 5.74) is 1.45. The highest BCUT2D eigenvalue weighted by Crippen LogP contribution is 2.34. The standard InChI is InChI=1S/C18H17F2NO2/c1-23-16-4-2-13(3-5-16)17-6-7-18(22)21(17)11-12-8-14(19)10-15(20)9-12/h2-5,8-10,17H,6-7,11H2,1H3/t17-/m1/s1. The smallest absolute Gasteiger partial charge is 0.223 e. The van der Waals surface area contributed by atoms with Crippen LogP contribution in [0, 0.1) is 11.6 Å². The van der Waals surface area contributed by atoms with Crippen LogP contribution in [0.2, 0.25) is 0 Å². The van der Waals surface area contributed by atoms with Crippen molar-refractivity contribution in [2.75, 3.05) is 7.11 Å².